The van der Waals surface area contributed by atoms with Crippen LogP contribution >= 0.6 is 0 Å². The van der Waals surface area contributed by atoms with Crippen molar-refractivity contribution >= 4 is 11.9 Å². The molecule has 1 heterocycles. The molecule has 1 aliphatic rings. The number of carboxylic acids is 1. The number of carbonyl (C=O) groups is 2. The van der Waals surface area contributed by atoms with Gasteiger partial charge in [0.25, 0.3) is 5.91 Å². The highest BCUT2D eigenvalue weighted by Gasteiger charge is 2.44. The minimum Gasteiger partial charge on any atom is -0.497 e. The third kappa shape index (κ3) is 4.11. The van der Waals surface area contributed by atoms with E-state index in [0.29, 0.717) is 43.0 Å². The molecule has 0 radical (unpaired) electrons. The molecule has 0 aliphatic carbocycles. The van der Waals surface area contributed by atoms with Crippen molar-refractivity contribution in [2.75, 3.05) is 26.8 Å². The first-order valence-electron chi connectivity index (χ1n) is 9.52. The van der Waals surface area contributed by atoms with Crippen LogP contribution in [0.25, 0.3) is 0 Å². The van der Waals surface area contributed by atoms with E-state index >= 15 is 0 Å². The summed E-state index contributed by atoms with van der Waals surface area (Å²) in [5.41, 5.74) is 0.231. The lowest BCUT2D eigenvalue weighted by molar-refractivity contribution is -0.145. The normalized spacial score (nSPS) is 15.4. The number of ether oxygens (including phenoxy) is 2. The predicted octanol–water partition coefficient (Wildman–Crippen LogP) is 3.52. The summed E-state index contributed by atoms with van der Waals surface area (Å²) in [6.45, 7) is 4.61. The smallest absolute Gasteiger partial charge is 0.314 e. The van der Waals surface area contributed by atoms with Gasteiger partial charge in [-0.2, -0.15) is 0 Å². The van der Waals surface area contributed by atoms with Gasteiger partial charge >= 0.3 is 5.97 Å². The molecule has 1 saturated heterocycles. The summed E-state index contributed by atoms with van der Waals surface area (Å²) in [5.74, 6) is -0.0189. The number of amides is 1. The molecular formula is C23H25NO5. The maximum Gasteiger partial charge on any atom is 0.314 e. The number of carboxylic acid groups (broad SMARTS) is 1. The van der Waals surface area contributed by atoms with Crippen LogP contribution in [0, 0.1) is 0 Å². The lowest BCUT2D eigenvalue weighted by atomic mass is 9.72. The van der Waals surface area contributed by atoms with Gasteiger partial charge < -0.3 is 19.5 Å². The van der Waals surface area contributed by atoms with E-state index in [2.05, 4.69) is 6.58 Å². The van der Waals surface area contributed by atoms with Crippen molar-refractivity contribution < 1.29 is 24.2 Å². The minimum absolute atomic E-state index is 0.182. The fourth-order valence-corrected chi connectivity index (χ4v) is 3.72. The van der Waals surface area contributed by atoms with Gasteiger partial charge in [-0.1, -0.05) is 43.0 Å². The highest BCUT2D eigenvalue weighted by Crippen LogP contribution is 2.37. The first kappa shape index (κ1) is 20.5. The molecule has 1 fully saturated rings. The Balaban J connectivity index is 1.81. The average molecular weight is 395 g/mol. The van der Waals surface area contributed by atoms with E-state index in [1.807, 2.05) is 30.3 Å². The second-order valence-electron chi connectivity index (χ2n) is 7.01. The molecule has 3 rings (SSSR count). The van der Waals surface area contributed by atoms with E-state index in [-0.39, 0.29) is 12.5 Å². The lowest BCUT2D eigenvalue weighted by Crippen LogP contribution is -2.49. The van der Waals surface area contributed by atoms with E-state index in [4.69, 9.17) is 9.47 Å². The fraction of sp³-hybridized carbons (Fsp3) is 0.304. The summed E-state index contributed by atoms with van der Waals surface area (Å²) in [5, 5.41) is 9.94. The molecule has 1 N–H and O–H groups in total. The fourth-order valence-electron chi connectivity index (χ4n) is 3.72. The topological polar surface area (TPSA) is 76.1 Å². The van der Waals surface area contributed by atoms with Gasteiger partial charge in [-0.05, 0) is 30.5 Å². The van der Waals surface area contributed by atoms with Gasteiger partial charge in [0.1, 0.15) is 18.1 Å². The van der Waals surface area contributed by atoms with Gasteiger partial charge in [0.2, 0.25) is 0 Å². The highest BCUT2D eigenvalue weighted by atomic mass is 16.5. The molecule has 0 spiro atoms. The number of nitrogens with zero attached hydrogens (tertiary/aromatic N) is 1. The zero-order valence-corrected chi connectivity index (χ0v) is 16.5. The summed E-state index contributed by atoms with van der Waals surface area (Å²) in [4.78, 5) is 26.9. The van der Waals surface area contributed by atoms with E-state index in [9.17, 15) is 14.7 Å². The number of hydrogen-bond acceptors (Lipinski definition) is 4. The maximum atomic E-state index is 13.1. The van der Waals surface area contributed by atoms with Gasteiger partial charge in [0.05, 0.1) is 18.1 Å². The van der Waals surface area contributed by atoms with Crippen LogP contribution in [0.5, 0.6) is 11.5 Å². The SMILES string of the molecule is C=CCOc1cc(OC)ccc1C(=O)N1CCC(C(=O)O)(c2ccccc2)CC1. The summed E-state index contributed by atoms with van der Waals surface area (Å²) in [6, 6.07) is 14.3. The molecule has 6 heteroatoms. The molecule has 0 aromatic heterocycles. The Hall–Kier alpha value is -3.28. The van der Waals surface area contributed by atoms with Crippen molar-refractivity contribution in [1.82, 2.24) is 4.90 Å². The van der Waals surface area contributed by atoms with Crippen molar-refractivity contribution in [2.24, 2.45) is 0 Å². The predicted molar refractivity (Wildman–Crippen MR) is 110 cm³/mol. The lowest BCUT2D eigenvalue weighted by Gasteiger charge is -2.39. The summed E-state index contributed by atoms with van der Waals surface area (Å²) >= 11 is 0. The van der Waals surface area contributed by atoms with Gasteiger partial charge in [0, 0.05) is 19.2 Å². The van der Waals surface area contributed by atoms with E-state index in [1.165, 1.54) is 0 Å². The maximum absolute atomic E-state index is 13.1. The third-order valence-electron chi connectivity index (χ3n) is 5.42. The zero-order chi connectivity index (χ0) is 20.9. The molecule has 0 bridgehead atoms. The third-order valence-corrected chi connectivity index (χ3v) is 5.42. The summed E-state index contributed by atoms with van der Waals surface area (Å²) in [7, 11) is 1.55. The van der Waals surface area contributed by atoms with Crippen LogP contribution in [0.15, 0.2) is 61.2 Å². The molecule has 152 valence electrons. The van der Waals surface area contributed by atoms with Crippen LogP contribution < -0.4 is 9.47 Å². The number of benzene rings is 2. The Kier molecular flexibility index (Phi) is 6.22. The quantitative estimate of drug-likeness (QED) is 0.726. The molecule has 1 amide bonds. The number of methoxy groups -OCH3 is 1. The van der Waals surface area contributed by atoms with Crippen LogP contribution in [0.4, 0.5) is 0 Å². The first-order chi connectivity index (χ1) is 14.0. The van der Waals surface area contributed by atoms with E-state index < -0.39 is 11.4 Å². The molecule has 2 aromatic rings. The first-order valence-corrected chi connectivity index (χ1v) is 9.52. The van der Waals surface area contributed by atoms with E-state index in [0.717, 1.165) is 5.56 Å². The Morgan fingerprint density at radius 1 is 1.17 bits per heavy atom. The number of hydrogen-bond donors (Lipinski definition) is 1. The van der Waals surface area contributed by atoms with Gasteiger partial charge in [-0.25, -0.2) is 0 Å². The highest BCUT2D eigenvalue weighted by molar-refractivity contribution is 5.97. The molecule has 0 unspecified atom stereocenters. The number of likely N-dealkylation sites (tertiary alicyclic amines) is 1. The monoisotopic (exact) mass is 395 g/mol. The molecule has 2 aromatic carbocycles. The Labute approximate surface area is 170 Å². The number of aliphatic carboxylic acids is 1. The molecule has 0 atom stereocenters. The Morgan fingerprint density at radius 3 is 2.45 bits per heavy atom. The summed E-state index contributed by atoms with van der Waals surface area (Å²) in [6.07, 6.45) is 2.32. The van der Waals surface area contributed by atoms with Crippen molar-refractivity contribution in [1.29, 1.82) is 0 Å². The largest absolute Gasteiger partial charge is 0.497 e. The van der Waals surface area contributed by atoms with Crippen molar-refractivity contribution in [3.8, 4) is 11.5 Å². The Morgan fingerprint density at radius 2 is 1.86 bits per heavy atom. The zero-order valence-electron chi connectivity index (χ0n) is 16.5. The van der Waals surface area contributed by atoms with Crippen LogP contribution in [0.1, 0.15) is 28.8 Å². The molecule has 1 aliphatic heterocycles. The number of piperidine rings is 1. The Bertz CT molecular complexity index is 885. The minimum atomic E-state index is -0.972. The van der Waals surface area contributed by atoms with Gasteiger partial charge in [0.15, 0.2) is 0 Å². The molecule has 0 saturated carbocycles. The van der Waals surface area contributed by atoms with Gasteiger partial charge in [-0.15, -0.1) is 0 Å². The van der Waals surface area contributed by atoms with Crippen molar-refractivity contribution in [2.45, 2.75) is 18.3 Å². The van der Waals surface area contributed by atoms with E-state index in [1.54, 1.807) is 36.3 Å². The van der Waals surface area contributed by atoms with Crippen molar-refractivity contribution in [3.63, 3.8) is 0 Å². The molecule has 29 heavy (non-hydrogen) atoms. The van der Waals surface area contributed by atoms with Gasteiger partial charge in [-0.3, -0.25) is 9.59 Å². The number of rotatable bonds is 7. The number of carbonyl (C=O) groups excluding carboxylic acids is 1. The van der Waals surface area contributed by atoms with Crippen molar-refractivity contribution in [3.05, 3.63) is 72.3 Å². The second kappa shape index (κ2) is 8.82. The van der Waals surface area contributed by atoms with Crippen LogP contribution in [-0.4, -0.2) is 48.7 Å². The van der Waals surface area contributed by atoms with Crippen LogP contribution in [-0.2, 0) is 10.2 Å². The van der Waals surface area contributed by atoms with Crippen LogP contribution in [0.3, 0.4) is 0 Å². The second-order valence-corrected chi connectivity index (χ2v) is 7.01. The summed E-state index contributed by atoms with van der Waals surface area (Å²) < 4.78 is 10.9. The molecular weight excluding hydrogens is 370 g/mol. The molecule has 6 nitrogen and oxygen atoms in total. The standard InChI is InChI=1S/C23H25NO5/c1-3-15-29-20-16-18(28-2)9-10-19(20)21(25)24-13-11-23(12-14-24,22(26)27)17-7-5-4-6-8-17/h3-10,16H,1,11-15H2,2H3,(H,26,27). The average Bonchev–Trinajstić information content (AvgIpc) is 2.77. The van der Waals surface area contributed by atoms with Crippen LogP contribution in [0.2, 0.25) is 0 Å².